The summed E-state index contributed by atoms with van der Waals surface area (Å²) in [6.45, 7) is 0.367. The van der Waals surface area contributed by atoms with Gasteiger partial charge >= 0.3 is 5.76 Å². The van der Waals surface area contributed by atoms with Crippen LogP contribution in [-0.2, 0) is 12.0 Å². The maximum absolute atomic E-state index is 11.9. The topological polar surface area (TPSA) is 81.0 Å². The summed E-state index contributed by atoms with van der Waals surface area (Å²) in [5, 5.41) is 7.75. The number of aromatic nitrogens is 3. The van der Waals surface area contributed by atoms with Crippen LogP contribution < -0.4 is 10.5 Å². The number of nitrogens with one attached hydrogen (secondary N) is 1. The van der Waals surface area contributed by atoms with Crippen LogP contribution in [0, 0.1) is 11.8 Å². The molecule has 6 nitrogen and oxygen atoms in total. The quantitative estimate of drug-likeness (QED) is 0.304. The minimum Gasteiger partial charge on any atom is -0.487 e. The molecule has 1 N–H and O–H groups in total. The fraction of sp³-hybridized carbons (Fsp3) is 0.258. The Kier molecular flexibility index (Phi) is 5.20. The second-order valence-corrected chi connectivity index (χ2v) is 10.3. The fourth-order valence-electron chi connectivity index (χ4n) is 6.76. The molecule has 2 heterocycles. The van der Waals surface area contributed by atoms with Crippen molar-refractivity contribution in [2.45, 2.75) is 37.7 Å². The number of pyridine rings is 1. The van der Waals surface area contributed by atoms with Crippen LogP contribution >= 0.6 is 0 Å². The van der Waals surface area contributed by atoms with Crippen molar-refractivity contribution in [3.8, 4) is 17.2 Å². The zero-order valence-corrected chi connectivity index (χ0v) is 20.4. The van der Waals surface area contributed by atoms with Gasteiger partial charge in [-0.15, -0.1) is 5.10 Å². The number of para-hydroxylation sites is 1. The zero-order valence-electron chi connectivity index (χ0n) is 20.4. The maximum Gasteiger partial charge on any atom is 0.434 e. The SMILES string of the molecule is O=c1[nH]nc(-c2ccc(OCc3ccc4ccccc4n3)cc2C2(c3ccccc3)C[C@H]3CC[C@@H]2C3)o1. The van der Waals surface area contributed by atoms with E-state index in [0.717, 1.165) is 39.9 Å². The summed E-state index contributed by atoms with van der Waals surface area (Å²) in [5.41, 5.74) is 4.90. The lowest BCUT2D eigenvalue weighted by Gasteiger charge is -2.40. The molecule has 5 aromatic rings. The third-order valence-corrected chi connectivity index (χ3v) is 8.32. The van der Waals surface area contributed by atoms with Gasteiger partial charge in [0.2, 0.25) is 5.89 Å². The zero-order chi connectivity index (χ0) is 24.8. The first kappa shape index (κ1) is 22.0. The van der Waals surface area contributed by atoms with Crippen LogP contribution in [0.15, 0.2) is 94.1 Å². The lowest BCUT2D eigenvalue weighted by Crippen LogP contribution is -2.34. The smallest absolute Gasteiger partial charge is 0.434 e. The second kappa shape index (κ2) is 8.73. The van der Waals surface area contributed by atoms with Gasteiger partial charge in [0.1, 0.15) is 12.4 Å². The van der Waals surface area contributed by atoms with E-state index in [0.29, 0.717) is 24.3 Å². The molecule has 3 atom stereocenters. The third kappa shape index (κ3) is 3.75. The molecular weight excluding hydrogens is 462 g/mol. The summed E-state index contributed by atoms with van der Waals surface area (Å²) in [7, 11) is 0. The second-order valence-electron chi connectivity index (χ2n) is 10.3. The Morgan fingerprint density at radius 3 is 2.62 bits per heavy atom. The van der Waals surface area contributed by atoms with Gasteiger partial charge in [0.25, 0.3) is 0 Å². The van der Waals surface area contributed by atoms with Gasteiger partial charge in [0, 0.05) is 16.4 Å². The van der Waals surface area contributed by atoms with Crippen molar-refractivity contribution in [3.05, 3.63) is 112 Å². The Balaban J connectivity index is 1.32. The molecule has 0 radical (unpaired) electrons. The Hall–Kier alpha value is -4.19. The van der Waals surface area contributed by atoms with Gasteiger partial charge in [-0.1, -0.05) is 61.0 Å². The highest BCUT2D eigenvalue weighted by Gasteiger charge is 2.53. The first-order valence-corrected chi connectivity index (χ1v) is 12.9. The van der Waals surface area contributed by atoms with Crippen molar-refractivity contribution in [1.29, 1.82) is 0 Å². The normalized spacial score (nSPS) is 22.5. The number of aromatic amines is 1. The molecule has 7 rings (SSSR count). The number of hydrogen-bond donors (Lipinski definition) is 1. The lowest BCUT2D eigenvalue weighted by atomic mass is 9.63. The number of benzene rings is 3. The Morgan fingerprint density at radius 1 is 0.973 bits per heavy atom. The van der Waals surface area contributed by atoms with Crippen molar-refractivity contribution in [3.63, 3.8) is 0 Å². The molecular formula is C31H27N3O3. The van der Waals surface area contributed by atoms with Gasteiger partial charge in [0.15, 0.2) is 0 Å². The number of rotatable bonds is 6. The van der Waals surface area contributed by atoms with E-state index in [2.05, 4.69) is 58.7 Å². The molecule has 2 aliphatic carbocycles. The average molecular weight is 490 g/mol. The summed E-state index contributed by atoms with van der Waals surface area (Å²) in [6, 6.07) is 29.0. The van der Waals surface area contributed by atoms with E-state index >= 15 is 0 Å². The Labute approximate surface area is 214 Å². The first-order valence-electron chi connectivity index (χ1n) is 12.9. The van der Waals surface area contributed by atoms with Crippen molar-refractivity contribution in [2.24, 2.45) is 11.8 Å². The highest BCUT2D eigenvalue weighted by atomic mass is 16.5. The van der Waals surface area contributed by atoms with Gasteiger partial charge in [0.05, 0.1) is 11.2 Å². The molecule has 2 bridgehead atoms. The van der Waals surface area contributed by atoms with E-state index in [1.54, 1.807) is 0 Å². The van der Waals surface area contributed by atoms with Gasteiger partial charge in [-0.25, -0.2) is 14.9 Å². The Morgan fingerprint density at radius 2 is 1.84 bits per heavy atom. The van der Waals surface area contributed by atoms with Crippen LogP contribution in [0.25, 0.3) is 22.4 Å². The van der Waals surface area contributed by atoms with Crippen molar-refractivity contribution in [1.82, 2.24) is 15.2 Å². The molecule has 0 amide bonds. The maximum atomic E-state index is 11.9. The van der Waals surface area contributed by atoms with E-state index in [-0.39, 0.29) is 5.41 Å². The first-order chi connectivity index (χ1) is 18.2. The molecule has 37 heavy (non-hydrogen) atoms. The molecule has 2 fully saturated rings. The molecule has 3 aromatic carbocycles. The number of hydrogen-bond acceptors (Lipinski definition) is 5. The highest BCUT2D eigenvalue weighted by Crippen LogP contribution is 2.61. The summed E-state index contributed by atoms with van der Waals surface area (Å²) in [5.74, 6) is 1.74. The molecule has 2 aromatic heterocycles. The molecule has 0 aliphatic heterocycles. The van der Waals surface area contributed by atoms with E-state index in [9.17, 15) is 4.79 Å². The summed E-state index contributed by atoms with van der Waals surface area (Å²) in [6.07, 6.45) is 4.75. The van der Waals surface area contributed by atoms with E-state index in [1.165, 1.54) is 24.8 Å². The number of ether oxygens (including phenoxy) is 1. The summed E-state index contributed by atoms with van der Waals surface area (Å²) >= 11 is 0. The van der Waals surface area contributed by atoms with Gasteiger partial charge < -0.3 is 9.15 Å². The van der Waals surface area contributed by atoms with Crippen LogP contribution in [0.4, 0.5) is 0 Å². The monoisotopic (exact) mass is 489 g/mol. The van der Waals surface area contributed by atoms with Gasteiger partial charge in [-0.3, -0.25) is 0 Å². The van der Waals surface area contributed by atoms with Crippen molar-refractivity contribution >= 4 is 10.9 Å². The van der Waals surface area contributed by atoms with Crippen LogP contribution in [0.1, 0.15) is 42.5 Å². The summed E-state index contributed by atoms with van der Waals surface area (Å²) < 4.78 is 11.8. The lowest BCUT2D eigenvalue weighted by molar-refractivity contribution is 0.295. The predicted molar refractivity (Wildman–Crippen MR) is 141 cm³/mol. The molecule has 0 spiro atoms. The van der Waals surface area contributed by atoms with E-state index in [4.69, 9.17) is 14.1 Å². The average Bonchev–Trinajstić information content (AvgIpc) is 3.69. The standard InChI is InChI=1S/C31H27N3O3/c35-30-34-33-29(37-30)26-15-14-25(36-19-24-13-11-21-6-4-5-9-28(21)32-24)17-27(26)31(22-7-2-1-3-8-22)18-20-10-12-23(31)16-20/h1-9,11,13-15,17,20,23H,10,12,16,18-19H2,(H,34,35)/t20-,23+,31?/m0/s1. The van der Waals surface area contributed by atoms with Crippen LogP contribution in [-0.4, -0.2) is 15.2 Å². The van der Waals surface area contributed by atoms with E-state index in [1.807, 2.05) is 36.4 Å². The minimum absolute atomic E-state index is 0.183. The molecule has 6 heteroatoms. The highest BCUT2D eigenvalue weighted by molar-refractivity contribution is 5.78. The fourth-order valence-corrected chi connectivity index (χ4v) is 6.76. The summed E-state index contributed by atoms with van der Waals surface area (Å²) in [4.78, 5) is 16.6. The molecule has 2 aliphatic rings. The van der Waals surface area contributed by atoms with Crippen LogP contribution in [0.5, 0.6) is 5.75 Å². The molecule has 184 valence electrons. The molecule has 2 saturated carbocycles. The molecule has 1 unspecified atom stereocenters. The van der Waals surface area contributed by atoms with E-state index < -0.39 is 5.76 Å². The van der Waals surface area contributed by atoms with Crippen molar-refractivity contribution in [2.75, 3.05) is 0 Å². The van der Waals surface area contributed by atoms with Crippen molar-refractivity contribution < 1.29 is 9.15 Å². The minimum atomic E-state index is -0.551. The predicted octanol–water partition coefficient (Wildman–Crippen LogP) is 6.26. The number of fused-ring (bicyclic) bond motifs is 3. The largest absolute Gasteiger partial charge is 0.487 e. The van der Waals surface area contributed by atoms with Crippen LogP contribution in [0.2, 0.25) is 0 Å². The van der Waals surface area contributed by atoms with Crippen LogP contribution in [0.3, 0.4) is 0 Å². The Bertz CT molecular complexity index is 1640. The van der Waals surface area contributed by atoms with Gasteiger partial charge in [-0.05, 0) is 72.6 Å². The van der Waals surface area contributed by atoms with Gasteiger partial charge in [-0.2, -0.15) is 0 Å². The third-order valence-electron chi connectivity index (χ3n) is 8.32. The number of H-pyrrole nitrogens is 1. The molecule has 0 saturated heterocycles. The number of nitrogens with zero attached hydrogens (tertiary/aromatic N) is 2.